The zero-order valence-electron chi connectivity index (χ0n) is 13.6. The molecule has 3 aromatic rings. The molecule has 2 aromatic carbocycles. The molecule has 0 aliphatic rings. The summed E-state index contributed by atoms with van der Waals surface area (Å²) in [6.07, 6.45) is 6.50. The van der Waals surface area contributed by atoms with Gasteiger partial charge in [-0.3, -0.25) is 4.79 Å². The Morgan fingerprint density at radius 1 is 1.04 bits per heavy atom. The molecular weight excluding hydrogens is 316 g/mol. The third-order valence-corrected chi connectivity index (χ3v) is 3.68. The van der Waals surface area contributed by atoms with Gasteiger partial charge in [-0.25, -0.2) is 9.47 Å². The Kier molecular flexibility index (Phi) is 4.85. The van der Waals surface area contributed by atoms with Crippen LogP contribution in [0, 0.1) is 0 Å². The number of carbonyl (C=O) groups is 1. The van der Waals surface area contributed by atoms with Gasteiger partial charge < -0.3 is 4.74 Å². The highest BCUT2D eigenvalue weighted by Gasteiger charge is 2.14. The summed E-state index contributed by atoms with van der Waals surface area (Å²) in [6, 6.07) is 16.6. The molecule has 0 saturated heterocycles. The van der Waals surface area contributed by atoms with Crippen LogP contribution in [0.2, 0.25) is 0 Å². The van der Waals surface area contributed by atoms with Crippen molar-refractivity contribution in [3.63, 3.8) is 0 Å². The van der Waals surface area contributed by atoms with Crippen molar-refractivity contribution in [1.29, 1.82) is 0 Å². The standard InChI is InChI=1S/C20H16N2O3/c1-25-20(24)18-14-22(19(23)17-12-6-5-11-16(17)18)21-13-7-10-15-8-3-2-4-9-15/h2-14H,1H3/b10-7+,21-13+. The van der Waals surface area contributed by atoms with Crippen molar-refractivity contribution in [2.45, 2.75) is 0 Å². The molecule has 0 amide bonds. The van der Waals surface area contributed by atoms with Crippen LogP contribution in [0.15, 0.2) is 76.8 Å². The lowest BCUT2D eigenvalue weighted by Gasteiger charge is -2.07. The lowest BCUT2D eigenvalue weighted by molar-refractivity contribution is 0.0602. The highest BCUT2D eigenvalue weighted by Crippen LogP contribution is 2.16. The minimum Gasteiger partial charge on any atom is -0.465 e. The van der Waals surface area contributed by atoms with E-state index in [-0.39, 0.29) is 5.56 Å². The average Bonchev–Trinajstić information content (AvgIpc) is 2.67. The molecule has 3 rings (SSSR count). The minimum atomic E-state index is -0.514. The Morgan fingerprint density at radius 3 is 2.44 bits per heavy atom. The lowest BCUT2D eigenvalue weighted by Crippen LogP contribution is -2.19. The molecule has 0 aliphatic carbocycles. The van der Waals surface area contributed by atoms with Crippen LogP contribution in [0.25, 0.3) is 16.8 Å². The fourth-order valence-corrected chi connectivity index (χ4v) is 2.47. The first-order valence-electron chi connectivity index (χ1n) is 7.69. The summed E-state index contributed by atoms with van der Waals surface area (Å²) in [7, 11) is 1.30. The van der Waals surface area contributed by atoms with Gasteiger partial charge in [0.25, 0.3) is 5.56 Å². The van der Waals surface area contributed by atoms with Gasteiger partial charge in [0.05, 0.1) is 12.7 Å². The number of pyridine rings is 1. The van der Waals surface area contributed by atoms with Gasteiger partial charge in [-0.05, 0) is 17.7 Å². The van der Waals surface area contributed by atoms with E-state index in [0.29, 0.717) is 16.3 Å². The predicted octanol–water partition coefficient (Wildman–Crippen LogP) is 3.34. The van der Waals surface area contributed by atoms with Gasteiger partial charge in [-0.15, -0.1) is 0 Å². The first kappa shape index (κ1) is 16.4. The van der Waals surface area contributed by atoms with Crippen LogP contribution in [0.1, 0.15) is 15.9 Å². The number of hydrogen-bond donors (Lipinski definition) is 0. The van der Waals surface area contributed by atoms with Crippen LogP contribution in [0.4, 0.5) is 0 Å². The third kappa shape index (κ3) is 3.55. The molecule has 0 spiro atoms. The van der Waals surface area contributed by atoms with Crippen molar-refractivity contribution in [3.05, 3.63) is 88.4 Å². The molecule has 0 unspecified atom stereocenters. The molecule has 5 heteroatoms. The SMILES string of the molecule is COC(=O)c1cn(/N=C/C=C/c2ccccc2)c(=O)c2ccccc12. The maximum atomic E-state index is 12.5. The zero-order valence-corrected chi connectivity index (χ0v) is 13.6. The number of carbonyl (C=O) groups excluding carboxylic acids is 1. The highest BCUT2D eigenvalue weighted by atomic mass is 16.5. The number of benzene rings is 2. The second-order valence-corrected chi connectivity index (χ2v) is 5.26. The molecule has 0 bridgehead atoms. The molecule has 0 aliphatic heterocycles. The second kappa shape index (κ2) is 7.40. The van der Waals surface area contributed by atoms with E-state index < -0.39 is 5.97 Å². The monoisotopic (exact) mass is 332 g/mol. The van der Waals surface area contributed by atoms with Gasteiger partial charge in [0.15, 0.2) is 0 Å². The van der Waals surface area contributed by atoms with Crippen LogP contribution < -0.4 is 5.56 Å². The summed E-state index contributed by atoms with van der Waals surface area (Å²) in [5.41, 5.74) is 1.02. The van der Waals surface area contributed by atoms with E-state index in [2.05, 4.69) is 5.10 Å². The summed E-state index contributed by atoms with van der Waals surface area (Å²) < 4.78 is 5.95. The molecule has 1 heterocycles. The Balaban J connectivity index is 2.00. The third-order valence-electron chi connectivity index (χ3n) is 3.68. The fraction of sp³-hybridized carbons (Fsp3) is 0.0500. The fourth-order valence-electron chi connectivity index (χ4n) is 2.47. The summed E-state index contributed by atoms with van der Waals surface area (Å²) in [6.45, 7) is 0. The number of nitrogens with zero attached hydrogens (tertiary/aromatic N) is 2. The van der Waals surface area contributed by atoms with Crippen LogP contribution >= 0.6 is 0 Å². The topological polar surface area (TPSA) is 60.7 Å². The summed E-state index contributed by atoms with van der Waals surface area (Å²) in [5, 5.41) is 5.09. The van der Waals surface area contributed by atoms with Gasteiger partial charge in [0.2, 0.25) is 0 Å². The molecule has 0 N–H and O–H groups in total. The molecule has 0 fully saturated rings. The Morgan fingerprint density at radius 2 is 1.72 bits per heavy atom. The maximum absolute atomic E-state index is 12.5. The van der Waals surface area contributed by atoms with Gasteiger partial charge in [-0.1, -0.05) is 54.6 Å². The number of rotatable bonds is 4. The molecule has 25 heavy (non-hydrogen) atoms. The van der Waals surface area contributed by atoms with Crippen molar-refractivity contribution in [2.24, 2.45) is 5.10 Å². The normalized spacial score (nSPS) is 11.4. The van der Waals surface area contributed by atoms with E-state index in [4.69, 9.17) is 4.74 Å². The second-order valence-electron chi connectivity index (χ2n) is 5.26. The van der Waals surface area contributed by atoms with Crippen LogP contribution in [0.5, 0.6) is 0 Å². The van der Waals surface area contributed by atoms with E-state index >= 15 is 0 Å². The lowest BCUT2D eigenvalue weighted by atomic mass is 10.1. The Bertz CT molecular complexity index is 1020. The number of methoxy groups -OCH3 is 1. The molecular formula is C20H16N2O3. The molecule has 0 radical (unpaired) electrons. The minimum absolute atomic E-state index is 0.293. The Labute approximate surface area is 144 Å². The number of ether oxygens (including phenoxy) is 1. The van der Waals surface area contributed by atoms with Crippen molar-refractivity contribution in [2.75, 3.05) is 7.11 Å². The number of esters is 1. The average molecular weight is 332 g/mol. The molecule has 124 valence electrons. The van der Waals surface area contributed by atoms with Crippen molar-refractivity contribution >= 4 is 29.0 Å². The van der Waals surface area contributed by atoms with Gasteiger partial charge >= 0.3 is 5.97 Å². The first-order chi connectivity index (χ1) is 12.2. The van der Waals surface area contributed by atoms with E-state index in [1.54, 1.807) is 30.3 Å². The van der Waals surface area contributed by atoms with Crippen molar-refractivity contribution in [1.82, 2.24) is 4.68 Å². The smallest absolute Gasteiger partial charge is 0.340 e. The van der Waals surface area contributed by atoms with Gasteiger partial charge in [-0.2, -0.15) is 5.10 Å². The summed E-state index contributed by atoms with van der Waals surface area (Å²) in [5.74, 6) is -0.514. The maximum Gasteiger partial charge on any atom is 0.340 e. The molecule has 0 saturated carbocycles. The summed E-state index contributed by atoms with van der Waals surface area (Å²) >= 11 is 0. The first-order valence-corrected chi connectivity index (χ1v) is 7.69. The zero-order chi connectivity index (χ0) is 17.6. The molecule has 5 nitrogen and oxygen atoms in total. The highest BCUT2D eigenvalue weighted by molar-refractivity contribution is 6.03. The quantitative estimate of drug-likeness (QED) is 0.544. The van der Waals surface area contributed by atoms with Crippen molar-refractivity contribution in [3.8, 4) is 0 Å². The largest absolute Gasteiger partial charge is 0.465 e. The van der Waals surface area contributed by atoms with E-state index in [0.717, 1.165) is 10.2 Å². The van der Waals surface area contributed by atoms with Crippen LogP contribution in [0.3, 0.4) is 0 Å². The number of allylic oxidation sites excluding steroid dienone is 1. The number of aromatic nitrogens is 1. The Hall–Kier alpha value is -3.47. The van der Waals surface area contributed by atoms with E-state index in [1.807, 2.05) is 36.4 Å². The summed E-state index contributed by atoms with van der Waals surface area (Å²) in [4.78, 5) is 24.5. The van der Waals surface area contributed by atoms with Gasteiger partial charge in [0, 0.05) is 23.2 Å². The van der Waals surface area contributed by atoms with Gasteiger partial charge in [0.1, 0.15) is 0 Å². The predicted molar refractivity (Wildman–Crippen MR) is 98.9 cm³/mol. The van der Waals surface area contributed by atoms with E-state index in [1.165, 1.54) is 19.5 Å². The number of fused-ring (bicyclic) bond motifs is 1. The van der Waals surface area contributed by atoms with Crippen LogP contribution in [-0.2, 0) is 4.74 Å². The van der Waals surface area contributed by atoms with E-state index in [9.17, 15) is 9.59 Å². The number of hydrogen-bond acceptors (Lipinski definition) is 4. The van der Waals surface area contributed by atoms with Crippen LogP contribution in [-0.4, -0.2) is 24.0 Å². The molecule has 0 atom stereocenters. The molecule has 1 aromatic heterocycles. The van der Waals surface area contributed by atoms with Crippen molar-refractivity contribution < 1.29 is 9.53 Å².